The van der Waals surface area contributed by atoms with Crippen LogP contribution >= 0.6 is 0 Å². The first kappa shape index (κ1) is 41.6. The molecular formula is C72H45N3. The number of hydrogen-bond acceptors (Lipinski definition) is 1. The van der Waals surface area contributed by atoms with Gasteiger partial charge in [0.05, 0.1) is 27.6 Å². The molecule has 16 aromatic rings. The van der Waals surface area contributed by atoms with E-state index in [1.54, 1.807) is 0 Å². The molecule has 13 aromatic carbocycles. The molecule has 16 rings (SSSR count). The van der Waals surface area contributed by atoms with Crippen LogP contribution in [0.25, 0.3) is 131 Å². The molecule has 0 atom stereocenters. The number of nitrogens with zero attached hydrogens (tertiary/aromatic N) is 3. The maximum absolute atomic E-state index is 2.45. The van der Waals surface area contributed by atoms with Gasteiger partial charge in [0.1, 0.15) is 0 Å². The Morgan fingerprint density at radius 3 is 1.12 bits per heavy atom. The monoisotopic (exact) mass is 951 g/mol. The summed E-state index contributed by atoms with van der Waals surface area (Å²) < 4.78 is 4.82. The van der Waals surface area contributed by atoms with Gasteiger partial charge in [-0.15, -0.1) is 0 Å². The Bertz CT molecular complexity index is 4870. The SMILES string of the molecule is c1ccc(-n2c3ccccc3c3cc(-c4ccc(N(c5ccc(-c6ccc7c8ccccc8c8ccccc8c7c6)cc5)c5ccc(-c6ccc7c(c6)c6cccc8c9ccccc9n7c86)cc5)cc4)ccc32)cc1. The maximum Gasteiger partial charge on any atom is 0.0620 e. The van der Waals surface area contributed by atoms with Gasteiger partial charge < -0.3 is 13.9 Å². The Morgan fingerprint density at radius 2 is 0.560 bits per heavy atom. The highest BCUT2D eigenvalue weighted by Gasteiger charge is 2.20. The number of fused-ring (bicyclic) bond motifs is 15. The van der Waals surface area contributed by atoms with E-state index < -0.39 is 0 Å². The van der Waals surface area contributed by atoms with Crippen LogP contribution in [0.3, 0.4) is 0 Å². The van der Waals surface area contributed by atoms with Crippen LogP contribution < -0.4 is 4.90 Å². The first-order chi connectivity index (χ1) is 37.2. The third kappa shape index (κ3) is 6.35. The standard InChI is InChI=1S/C72H45N3/c1-2-13-52(14-3-1)74-68-23-10-9-20-62(68)66-44-50(32-41-70(66)74)47-27-36-54(37-28-47)73(53-34-25-46(26-35-53)49-31-40-60-58-17-5-4-15-56(58)57-16-6-7-18-59(57)65(60)43-49)55-38-29-48(30-39-55)51-33-42-71-67(45-51)64-22-12-21-63-61-19-8-11-24-69(61)75(71)72(63)64/h1-45H. The fraction of sp³-hybridized carbons (Fsp3) is 0. The number of benzene rings is 13. The van der Waals surface area contributed by atoms with E-state index in [-0.39, 0.29) is 0 Å². The fourth-order valence-corrected chi connectivity index (χ4v) is 12.6. The lowest BCUT2D eigenvalue weighted by molar-refractivity contribution is 1.18. The van der Waals surface area contributed by atoms with E-state index in [0.29, 0.717) is 0 Å². The minimum absolute atomic E-state index is 1.09. The largest absolute Gasteiger partial charge is 0.311 e. The van der Waals surface area contributed by atoms with Gasteiger partial charge in [-0.3, -0.25) is 0 Å². The lowest BCUT2D eigenvalue weighted by Gasteiger charge is -2.26. The van der Waals surface area contributed by atoms with Gasteiger partial charge in [-0.25, -0.2) is 0 Å². The zero-order valence-electron chi connectivity index (χ0n) is 40.8. The van der Waals surface area contributed by atoms with Crippen molar-refractivity contribution in [2.75, 3.05) is 4.90 Å². The average Bonchev–Trinajstić information content (AvgIpc) is 4.14. The van der Waals surface area contributed by atoms with Gasteiger partial charge in [0.25, 0.3) is 0 Å². The van der Waals surface area contributed by atoms with Gasteiger partial charge >= 0.3 is 0 Å². The molecule has 3 aromatic heterocycles. The summed E-state index contributed by atoms with van der Waals surface area (Å²) in [6.07, 6.45) is 0. The van der Waals surface area contributed by atoms with Crippen LogP contribution in [0.1, 0.15) is 0 Å². The fourth-order valence-electron chi connectivity index (χ4n) is 12.6. The molecule has 0 amide bonds. The molecule has 75 heavy (non-hydrogen) atoms. The highest BCUT2D eigenvalue weighted by Crippen LogP contribution is 2.44. The van der Waals surface area contributed by atoms with Crippen LogP contribution in [0.4, 0.5) is 17.1 Å². The topological polar surface area (TPSA) is 12.6 Å². The van der Waals surface area contributed by atoms with E-state index in [1.165, 1.54) is 126 Å². The van der Waals surface area contributed by atoms with Gasteiger partial charge in [0.2, 0.25) is 0 Å². The van der Waals surface area contributed by atoms with Gasteiger partial charge in [-0.1, -0.05) is 182 Å². The van der Waals surface area contributed by atoms with Crippen molar-refractivity contribution in [3.63, 3.8) is 0 Å². The van der Waals surface area contributed by atoms with Crippen LogP contribution in [0.5, 0.6) is 0 Å². The molecule has 0 radical (unpaired) electrons. The minimum Gasteiger partial charge on any atom is -0.311 e. The van der Waals surface area contributed by atoms with Crippen LogP contribution in [-0.2, 0) is 0 Å². The molecule has 0 saturated heterocycles. The van der Waals surface area contributed by atoms with Crippen LogP contribution in [0.15, 0.2) is 273 Å². The first-order valence-electron chi connectivity index (χ1n) is 25.9. The summed E-state index contributed by atoms with van der Waals surface area (Å²) in [5.74, 6) is 0. The van der Waals surface area contributed by atoms with E-state index >= 15 is 0 Å². The summed E-state index contributed by atoms with van der Waals surface area (Å²) in [6, 6.07) is 101. The molecule has 0 aliphatic rings. The van der Waals surface area contributed by atoms with Crippen molar-refractivity contribution in [3.8, 4) is 39.1 Å². The van der Waals surface area contributed by atoms with Crippen molar-refractivity contribution in [2.45, 2.75) is 0 Å². The van der Waals surface area contributed by atoms with Crippen molar-refractivity contribution >= 4 is 109 Å². The maximum atomic E-state index is 2.45. The lowest BCUT2D eigenvalue weighted by Crippen LogP contribution is -2.09. The summed E-state index contributed by atoms with van der Waals surface area (Å²) in [4.78, 5) is 2.38. The molecule has 0 fully saturated rings. The molecule has 0 aliphatic carbocycles. The predicted molar refractivity (Wildman–Crippen MR) is 319 cm³/mol. The summed E-state index contributed by atoms with van der Waals surface area (Å²) in [6.45, 7) is 0. The molecule has 0 spiro atoms. The Labute approximate surface area is 433 Å². The van der Waals surface area contributed by atoms with Gasteiger partial charge in [0, 0.05) is 55.1 Å². The lowest BCUT2D eigenvalue weighted by atomic mass is 9.92. The first-order valence-corrected chi connectivity index (χ1v) is 25.9. The van der Waals surface area contributed by atoms with E-state index in [2.05, 4.69) is 287 Å². The van der Waals surface area contributed by atoms with Gasteiger partial charge in [0.15, 0.2) is 0 Å². The minimum atomic E-state index is 1.09. The summed E-state index contributed by atoms with van der Waals surface area (Å²) in [7, 11) is 0. The van der Waals surface area contributed by atoms with Crippen molar-refractivity contribution in [1.29, 1.82) is 0 Å². The number of anilines is 3. The number of para-hydroxylation sites is 4. The van der Waals surface area contributed by atoms with Crippen molar-refractivity contribution < 1.29 is 0 Å². The smallest absolute Gasteiger partial charge is 0.0620 e. The van der Waals surface area contributed by atoms with Crippen LogP contribution in [0.2, 0.25) is 0 Å². The van der Waals surface area contributed by atoms with Crippen molar-refractivity contribution in [3.05, 3.63) is 273 Å². The molecule has 3 heteroatoms. The van der Waals surface area contributed by atoms with E-state index in [4.69, 9.17) is 0 Å². The van der Waals surface area contributed by atoms with Crippen LogP contribution in [-0.4, -0.2) is 8.97 Å². The highest BCUT2D eigenvalue weighted by atomic mass is 15.1. The molecule has 0 saturated carbocycles. The average molecular weight is 952 g/mol. The van der Waals surface area contributed by atoms with Crippen molar-refractivity contribution in [1.82, 2.24) is 8.97 Å². The molecule has 0 N–H and O–H groups in total. The normalized spacial score (nSPS) is 12.0. The van der Waals surface area contributed by atoms with Crippen LogP contribution in [0, 0.1) is 0 Å². The molecule has 0 aliphatic heterocycles. The second-order valence-electron chi connectivity index (χ2n) is 20.0. The Kier molecular flexibility index (Phi) is 9.04. The molecule has 348 valence electrons. The number of hydrogen-bond donors (Lipinski definition) is 0. The zero-order chi connectivity index (χ0) is 49.1. The second kappa shape index (κ2) is 16.3. The highest BCUT2D eigenvalue weighted by molar-refractivity contribution is 6.26. The molecule has 0 bridgehead atoms. The van der Waals surface area contributed by atoms with Gasteiger partial charge in [-0.05, 0) is 157 Å². The Morgan fingerprint density at radius 1 is 0.213 bits per heavy atom. The van der Waals surface area contributed by atoms with E-state index in [9.17, 15) is 0 Å². The number of rotatable bonds is 7. The second-order valence-corrected chi connectivity index (χ2v) is 20.0. The quantitative estimate of drug-likeness (QED) is 0.145. The van der Waals surface area contributed by atoms with E-state index in [0.717, 1.165) is 22.7 Å². The molecule has 0 unspecified atom stereocenters. The summed E-state index contributed by atoms with van der Waals surface area (Å²) >= 11 is 0. The zero-order valence-corrected chi connectivity index (χ0v) is 40.8. The third-order valence-corrected chi connectivity index (χ3v) is 16.0. The Hall–Kier alpha value is -9.96. The van der Waals surface area contributed by atoms with E-state index in [1.807, 2.05) is 0 Å². The third-order valence-electron chi connectivity index (χ3n) is 16.0. The van der Waals surface area contributed by atoms with Crippen molar-refractivity contribution in [2.24, 2.45) is 0 Å². The summed E-state index contributed by atoms with van der Waals surface area (Å²) in [5, 5.41) is 15.4. The molecule has 3 nitrogen and oxygen atoms in total. The summed E-state index contributed by atoms with van der Waals surface area (Å²) in [5.41, 5.74) is 17.8. The Balaban J connectivity index is 0.791. The van der Waals surface area contributed by atoms with Gasteiger partial charge in [-0.2, -0.15) is 0 Å². The molecular weight excluding hydrogens is 907 g/mol. The number of aromatic nitrogens is 2. The molecule has 3 heterocycles. The predicted octanol–water partition coefficient (Wildman–Crippen LogP) is 19.9.